The second kappa shape index (κ2) is 4.36. The molecule has 1 aliphatic heterocycles. The fourth-order valence-corrected chi connectivity index (χ4v) is 2.72. The van der Waals surface area contributed by atoms with Crippen molar-refractivity contribution in [3.8, 4) is 5.75 Å². The Kier molecular flexibility index (Phi) is 2.80. The topological polar surface area (TPSA) is 66.3 Å². The Labute approximate surface area is 110 Å². The number of aromatic hydroxyl groups is 1. The molecule has 0 saturated carbocycles. The summed E-state index contributed by atoms with van der Waals surface area (Å²) in [5.74, 6) is 0.0899. The molecule has 5 nitrogen and oxygen atoms in total. The van der Waals surface area contributed by atoms with Gasteiger partial charge >= 0.3 is 0 Å². The van der Waals surface area contributed by atoms with Crippen LogP contribution in [0.1, 0.15) is 24.9 Å². The first kappa shape index (κ1) is 12.2. The summed E-state index contributed by atoms with van der Waals surface area (Å²) in [6, 6.07) is 7.51. The molecule has 3 N–H and O–H groups in total. The SMILES string of the molecule is CC1CC(c2c(O)c3ccccc3n(C)c2=O)NN1. The van der Waals surface area contributed by atoms with Crippen LogP contribution in [0.4, 0.5) is 0 Å². The molecule has 2 heterocycles. The van der Waals surface area contributed by atoms with Gasteiger partial charge in [0.2, 0.25) is 0 Å². The summed E-state index contributed by atoms with van der Waals surface area (Å²) in [6.07, 6.45) is 0.779. The molecule has 1 aromatic carbocycles. The van der Waals surface area contributed by atoms with Crippen LogP contribution in [0.3, 0.4) is 0 Å². The number of benzene rings is 1. The van der Waals surface area contributed by atoms with Gasteiger partial charge in [0.05, 0.1) is 17.1 Å². The highest BCUT2D eigenvalue weighted by Crippen LogP contribution is 2.32. The van der Waals surface area contributed by atoms with Gasteiger partial charge in [-0.25, -0.2) is 5.43 Å². The fraction of sp³-hybridized carbons (Fsp3) is 0.357. The second-order valence-corrected chi connectivity index (χ2v) is 5.12. The van der Waals surface area contributed by atoms with Crippen molar-refractivity contribution in [2.24, 2.45) is 7.05 Å². The Morgan fingerprint density at radius 1 is 1.32 bits per heavy atom. The van der Waals surface area contributed by atoms with Crippen LogP contribution < -0.4 is 16.4 Å². The number of aryl methyl sites for hydroxylation is 1. The minimum atomic E-state index is -0.154. The minimum absolute atomic E-state index is 0.0899. The monoisotopic (exact) mass is 259 g/mol. The van der Waals surface area contributed by atoms with E-state index in [2.05, 4.69) is 10.9 Å². The highest BCUT2D eigenvalue weighted by molar-refractivity contribution is 5.86. The van der Waals surface area contributed by atoms with Crippen molar-refractivity contribution < 1.29 is 5.11 Å². The molecule has 3 rings (SSSR count). The maximum absolute atomic E-state index is 12.4. The van der Waals surface area contributed by atoms with Crippen molar-refractivity contribution in [2.75, 3.05) is 0 Å². The van der Waals surface area contributed by atoms with Gasteiger partial charge in [0.1, 0.15) is 5.75 Å². The number of hydrogen-bond acceptors (Lipinski definition) is 4. The summed E-state index contributed by atoms with van der Waals surface area (Å²) >= 11 is 0. The summed E-state index contributed by atoms with van der Waals surface area (Å²) < 4.78 is 1.59. The molecule has 1 saturated heterocycles. The predicted molar refractivity (Wildman–Crippen MR) is 73.9 cm³/mol. The van der Waals surface area contributed by atoms with Crippen LogP contribution in [-0.2, 0) is 7.05 Å². The Hall–Kier alpha value is -1.85. The van der Waals surface area contributed by atoms with E-state index in [4.69, 9.17) is 0 Å². The third-order valence-corrected chi connectivity index (χ3v) is 3.75. The molecule has 2 unspecified atom stereocenters. The predicted octanol–water partition coefficient (Wildman–Crippen LogP) is 1.17. The van der Waals surface area contributed by atoms with Crippen LogP contribution in [0, 0.1) is 0 Å². The van der Waals surface area contributed by atoms with Crippen LogP contribution in [0.25, 0.3) is 10.9 Å². The third kappa shape index (κ3) is 1.82. The summed E-state index contributed by atoms with van der Waals surface area (Å²) in [4.78, 5) is 12.4. The zero-order chi connectivity index (χ0) is 13.6. The van der Waals surface area contributed by atoms with Crippen LogP contribution in [0.5, 0.6) is 5.75 Å². The molecular formula is C14H17N3O2. The molecule has 2 atom stereocenters. The lowest BCUT2D eigenvalue weighted by molar-refractivity contribution is 0.454. The molecule has 1 aliphatic rings. The Morgan fingerprint density at radius 2 is 2.05 bits per heavy atom. The van der Waals surface area contributed by atoms with Crippen LogP contribution in [0.2, 0.25) is 0 Å². The van der Waals surface area contributed by atoms with Gasteiger partial charge in [-0.3, -0.25) is 10.2 Å². The quantitative estimate of drug-likeness (QED) is 0.719. The van der Waals surface area contributed by atoms with Crippen LogP contribution >= 0.6 is 0 Å². The number of pyridine rings is 1. The molecule has 19 heavy (non-hydrogen) atoms. The first-order chi connectivity index (χ1) is 9.09. The zero-order valence-electron chi connectivity index (χ0n) is 11.0. The summed E-state index contributed by atoms with van der Waals surface area (Å²) in [6.45, 7) is 2.04. The van der Waals surface area contributed by atoms with E-state index in [1.54, 1.807) is 11.6 Å². The highest BCUT2D eigenvalue weighted by Gasteiger charge is 2.28. The van der Waals surface area contributed by atoms with Gasteiger partial charge in [0, 0.05) is 18.5 Å². The van der Waals surface area contributed by atoms with Crippen molar-refractivity contribution in [2.45, 2.75) is 25.4 Å². The Bertz CT molecular complexity index is 693. The van der Waals surface area contributed by atoms with Crippen LogP contribution in [-0.4, -0.2) is 15.7 Å². The van der Waals surface area contributed by atoms with E-state index in [1.807, 2.05) is 31.2 Å². The molecule has 0 spiro atoms. The number of nitrogens with zero attached hydrogens (tertiary/aromatic N) is 1. The van der Waals surface area contributed by atoms with E-state index in [-0.39, 0.29) is 23.4 Å². The summed E-state index contributed by atoms with van der Waals surface area (Å²) in [5.41, 5.74) is 7.19. The number of fused-ring (bicyclic) bond motifs is 1. The number of para-hydroxylation sites is 1. The Balaban J connectivity index is 2.28. The van der Waals surface area contributed by atoms with E-state index in [0.717, 1.165) is 11.9 Å². The number of hydrazine groups is 1. The van der Waals surface area contributed by atoms with Gasteiger partial charge in [-0.15, -0.1) is 0 Å². The lowest BCUT2D eigenvalue weighted by Gasteiger charge is -2.15. The van der Waals surface area contributed by atoms with E-state index in [0.29, 0.717) is 10.9 Å². The van der Waals surface area contributed by atoms with Gasteiger partial charge < -0.3 is 9.67 Å². The van der Waals surface area contributed by atoms with Gasteiger partial charge in [0.15, 0.2) is 0 Å². The second-order valence-electron chi connectivity index (χ2n) is 5.12. The summed E-state index contributed by atoms with van der Waals surface area (Å²) in [5, 5.41) is 11.1. The van der Waals surface area contributed by atoms with E-state index in [1.165, 1.54) is 0 Å². The maximum Gasteiger partial charge on any atom is 0.259 e. The first-order valence-electron chi connectivity index (χ1n) is 6.41. The normalized spacial score (nSPS) is 23.1. The van der Waals surface area contributed by atoms with Crippen molar-refractivity contribution in [3.63, 3.8) is 0 Å². The first-order valence-corrected chi connectivity index (χ1v) is 6.41. The van der Waals surface area contributed by atoms with Gasteiger partial charge in [0.25, 0.3) is 5.56 Å². The summed E-state index contributed by atoms with van der Waals surface area (Å²) in [7, 11) is 1.74. The molecular weight excluding hydrogens is 242 g/mol. The average molecular weight is 259 g/mol. The molecule has 0 aliphatic carbocycles. The molecule has 1 aromatic heterocycles. The molecule has 100 valence electrons. The van der Waals surface area contributed by atoms with Gasteiger partial charge in [-0.1, -0.05) is 12.1 Å². The van der Waals surface area contributed by atoms with Gasteiger partial charge in [-0.2, -0.15) is 0 Å². The molecule has 0 bridgehead atoms. The van der Waals surface area contributed by atoms with E-state index >= 15 is 0 Å². The molecule has 5 heteroatoms. The molecule has 0 amide bonds. The van der Waals surface area contributed by atoms with Crippen LogP contribution in [0.15, 0.2) is 29.1 Å². The standard InChI is InChI=1S/C14H17N3O2/c1-8-7-10(16-15-8)12-13(18)9-5-3-4-6-11(9)17(2)14(12)19/h3-6,8,10,15-16,18H,7H2,1-2H3. The fourth-order valence-electron chi connectivity index (χ4n) is 2.72. The van der Waals surface area contributed by atoms with Gasteiger partial charge in [-0.05, 0) is 25.5 Å². The number of hydrogen-bond donors (Lipinski definition) is 3. The van der Waals surface area contributed by atoms with Crippen molar-refractivity contribution in [1.82, 2.24) is 15.4 Å². The maximum atomic E-state index is 12.4. The smallest absolute Gasteiger partial charge is 0.259 e. The minimum Gasteiger partial charge on any atom is -0.507 e. The van der Waals surface area contributed by atoms with Crippen molar-refractivity contribution in [3.05, 3.63) is 40.2 Å². The lowest BCUT2D eigenvalue weighted by atomic mass is 10.0. The zero-order valence-corrected chi connectivity index (χ0v) is 11.0. The average Bonchev–Trinajstić information content (AvgIpc) is 2.83. The number of aromatic nitrogens is 1. The number of nitrogens with one attached hydrogen (secondary N) is 2. The largest absolute Gasteiger partial charge is 0.507 e. The molecule has 2 aromatic rings. The molecule has 1 fully saturated rings. The van der Waals surface area contributed by atoms with E-state index < -0.39 is 0 Å². The lowest BCUT2D eigenvalue weighted by Crippen LogP contribution is -2.32. The Morgan fingerprint density at radius 3 is 2.74 bits per heavy atom. The number of rotatable bonds is 1. The highest BCUT2D eigenvalue weighted by atomic mass is 16.3. The molecule has 0 radical (unpaired) electrons. The van der Waals surface area contributed by atoms with Crippen molar-refractivity contribution in [1.29, 1.82) is 0 Å². The van der Waals surface area contributed by atoms with Crippen molar-refractivity contribution >= 4 is 10.9 Å². The van der Waals surface area contributed by atoms with E-state index in [9.17, 15) is 9.90 Å². The third-order valence-electron chi connectivity index (χ3n) is 3.75.